The van der Waals surface area contributed by atoms with Crippen LogP contribution in [0.5, 0.6) is 0 Å². The molecule has 0 aromatic carbocycles. The van der Waals surface area contributed by atoms with Crippen molar-refractivity contribution >= 4 is 6.03 Å². The number of amides is 2. The van der Waals surface area contributed by atoms with Crippen molar-refractivity contribution in [3.8, 4) is 0 Å². The molecular weight excluding hydrogens is 284 g/mol. The van der Waals surface area contributed by atoms with E-state index < -0.39 is 6.10 Å². The summed E-state index contributed by atoms with van der Waals surface area (Å²) in [6.45, 7) is 6.80. The molecule has 2 aliphatic rings. The van der Waals surface area contributed by atoms with Crippen molar-refractivity contribution in [2.45, 2.75) is 57.0 Å². The molecule has 2 aliphatic heterocycles. The monoisotopic (exact) mass is 314 g/mol. The first-order chi connectivity index (χ1) is 10.5. The molecular formula is C15H30N4O3. The zero-order valence-electron chi connectivity index (χ0n) is 13.8. The lowest BCUT2D eigenvalue weighted by Crippen LogP contribution is -2.51. The largest absolute Gasteiger partial charge is 0.389 e. The number of ether oxygens (including phenoxy) is 1. The van der Waals surface area contributed by atoms with E-state index in [1.165, 1.54) is 0 Å². The average molecular weight is 314 g/mol. The number of urea groups is 1. The molecule has 0 saturated carbocycles. The van der Waals surface area contributed by atoms with Gasteiger partial charge in [0.25, 0.3) is 0 Å². The van der Waals surface area contributed by atoms with Crippen molar-refractivity contribution in [3.05, 3.63) is 0 Å². The van der Waals surface area contributed by atoms with Crippen molar-refractivity contribution in [1.29, 1.82) is 0 Å². The Morgan fingerprint density at radius 1 is 1.36 bits per heavy atom. The van der Waals surface area contributed by atoms with Crippen LogP contribution in [0.4, 0.5) is 4.79 Å². The predicted molar refractivity (Wildman–Crippen MR) is 84.9 cm³/mol. The summed E-state index contributed by atoms with van der Waals surface area (Å²) < 4.78 is 5.63. The lowest BCUT2D eigenvalue weighted by Gasteiger charge is -2.32. The summed E-state index contributed by atoms with van der Waals surface area (Å²) in [5.41, 5.74) is 0. The molecule has 0 aromatic heterocycles. The molecule has 3 atom stereocenters. The molecule has 0 bridgehead atoms. The van der Waals surface area contributed by atoms with Crippen LogP contribution in [-0.2, 0) is 4.74 Å². The van der Waals surface area contributed by atoms with Crippen LogP contribution < -0.4 is 16.0 Å². The summed E-state index contributed by atoms with van der Waals surface area (Å²) in [4.78, 5) is 13.9. The molecule has 0 aromatic rings. The highest BCUT2D eigenvalue weighted by atomic mass is 16.5. The van der Waals surface area contributed by atoms with Gasteiger partial charge in [-0.1, -0.05) is 0 Å². The number of aliphatic hydroxyl groups is 1. The van der Waals surface area contributed by atoms with E-state index in [1.54, 1.807) is 0 Å². The van der Waals surface area contributed by atoms with Crippen LogP contribution in [0.1, 0.15) is 26.7 Å². The Hall–Kier alpha value is -0.890. The predicted octanol–water partition coefficient (Wildman–Crippen LogP) is -0.494. The van der Waals surface area contributed by atoms with Gasteiger partial charge in [0.15, 0.2) is 0 Å². The number of nitrogens with one attached hydrogen (secondary N) is 3. The maximum absolute atomic E-state index is 11.6. The van der Waals surface area contributed by atoms with E-state index in [0.717, 1.165) is 25.9 Å². The molecule has 2 amide bonds. The summed E-state index contributed by atoms with van der Waals surface area (Å²) in [5.74, 6) is 0. The Labute approximate surface area is 132 Å². The number of rotatable bonds is 5. The molecule has 22 heavy (non-hydrogen) atoms. The molecule has 0 radical (unpaired) electrons. The molecule has 7 heteroatoms. The number of carbonyl (C=O) groups is 1. The molecule has 7 nitrogen and oxygen atoms in total. The minimum absolute atomic E-state index is 0.0478. The van der Waals surface area contributed by atoms with E-state index in [1.807, 2.05) is 13.8 Å². The van der Waals surface area contributed by atoms with Gasteiger partial charge in [-0.05, 0) is 46.8 Å². The fraction of sp³-hybridized carbons (Fsp3) is 0.933. The van der Waals surface area contributed by atoms with E-state index in [9.17, 15) is 9.90 Å². The summed E-state index contributed by atoms with van der Waals surface area (Å²) in [6.07, 6.45) is 1.26. The SMILES string of the molecule is CC(C)NC(=O)NCC1OCC(NC2CCN(C)CC2)C1O. The number of aliphatic hydroxyl groups excluding tert-OH is 1. The molecule has 4 N–H and O–H groups in total. The Kier molecular flexibility index (Phi) is 6.43. The van der Waals surface area contributed by atoms with Crippen molar-refractivity contribution in [1.82, 2.24) is 20.9 Å². The average Bonchev–Trinajstić information content (AvgIpc) is 2.79. The standard InChI is InChI=1S/C15H30N4O3/c1-10(2)17-15(21)16-8-13-14(20)12(9-22-13)18-11-4-6-19(3)7-5-11/h10-14,18,20H,4-9H2,1-3H3,(H2,16,17,21). The zero-order valence-corrected chi connectivity index (χ0v) is 13.8. The van der Waals surface area contributed by atoms with Crippen LogP contribution in [0, 0.1) is 0 Å². The quantitative estimate of drug-likeness (QED) is 0.550. The fourth-order valence-corrected chi connectivity index (χ4v) is 2.99. The van der Waals surface area contributed by atoms with E-state index >= 15 is 0 Å². The number of piperidine rings is 1. The Morgan fingerprint density at radius 2 is 2.05 bits per heavy atom. The van der Waals surface area contributed by atoms with Crippen LogP contribution >= 0.6 is 0 Å². The normalized spacial score (nSPS) is 30.7. The molecule has 0 spiro atoms. The van der Waals surface area contributed by atoms with Gasteiger partial charge in [0.1, 0.15) is 6.10 Å². The van der Waals surface area contributed by atoms with E-state index in [4.69, 9.17) is 4.74 Å². The number of likely N-dealkylation sites (tertiary alicyclic amines) is 1. The number of hydrogen-bond donors (Lipinski definition) is 4. The molecule has 2 saturated heterocycles. The first-order valence-corrected chi connectivity index (χ1v) is 8.24. The van der Waals surface area contributed by atoms with Gasteiger partial charge in [-0.2, -0.15) is 0 Å². The zero-order chi connectivity index (χ0) is 16.1. The van der Waals surface area contributed by atoms with Crippen molar-refractivity contribution in [2.75, 3.05) is 33.3 Å². The lowest BCUT2D eigenvalue weighted by atomic mass is 10.0. The van der Waals surface area contributed by atoms with Gasteiger partial charge in [0.05, 0.1) is 18.8 Å². The van der Waals surface area contributed by atoms with Gasteiger partial charge in [0.2, 0.25) is 0 Å². The number of nitrogens with zero attached hydrogens (tertiary/aromatic N) is 1. The highest BCUT2D eigenvalue weighted by Crippen LogP contribution is 2.17. The summed E-state index contributed by atoms with van der Waals surface area (Å²) in [5, 5.41) is 19.4. The van der Waals surface area contributed by atoms with E-state index in [0.29, 0.717) is 19.2 Å². The maximum Gasteiger partial charge on any atom is 0.315 e. The van der Waals surface area contributed by atoms with Gasteiger partial charge in [0, 0.05) is 18.6 Å². The lowest BCUT2D eigenvalue weighted by molar-refractivity contribution is 0.0419. The van der Waals surface area contributed by atoms with Gasteiger partial charge in [-0.3, -0.25) is 0 Å². The highest BCUT2D eigenvalue weighted by Gasteiger charge is 2.37. The number of carbonyl (C=O) groups excluding carboxylic acids is 1. The summed E-state index contributed by atoms with van der Waals surface area (Å²) in [6, 6.07) is 0.259. The van der Waals surface area contributed by atoms with Crippen LogP contribution in [0.2, 0.25) is 0 Å². The van der Waals surface area contributed by atoms with Crippen molar-refractivity contribution < 1.29 is 14.6 Å². The Bertz CT molecular complexity index is 359. The third-order valence-corrected chi connectivity index (χ3v) is 4.33. The second-order valence-corrected chi connectivity index (χ2v) is 6.72. The Morgan fingerprint density at radius 3 is 2.68 bits per heavy atom. The van der Waals surface area contributed by atoms with Gasteiger partial charge >= 0.3 is 6.03 Å². The van der Waals surface area contributed by atoms with Crippen LogP contribution in [0.25, 0.3) is 0 Å². The Balaban J connectivity index is 1.70. The van der Waals surface area contributed by atoms with Crippen LogP contribution in [-0.4, -0.2) is 79.7 Å². The third kappa shape index (κ3) is 5.08. The second kappa shape index (κ2) is 8.10. The van der Waals surface area contributed by atoms with Crippen LogP contribution in [0.15, 0.2) is 0 Å². The smallest absolute Gasteiger partial charge is 0.315 e. The van der Waals surface area contributed by atoms with Gasteiger partial charge in [-0.25, -0.2) is 4.79 Å². The third-order valence-electron chi connectivity index (χ3n) is 4.33. The summed E-state index contributed by atoms with van der Waals surface area (Å²) >= 11 is 0. The molecule has 0 aliphatic carbocycles. The first kappa shape index (κ1) is 17.5. The van der Waals surface area contributed by atoms with E-state index in [-0.39, 0.29) is 24.2 Å². The minimum Gasteiger partial charge on any atom is -0.389 e. The molecule has 2 fully saturated rings. The fourth-order valence-electron chi connectivity index (χ4n) is 2.99. The highest BCUT2D eigenvalue weighted by molar-refractivity contribution is 5.74. The molecule has 3 unspecified atom stereocenters. The number of hydrogen-bond acceptors (Lipinski definition) is 5. The van der Waals surface area contributed by atoms with Crippen molar-refractivity contribution in [3.63, 3.8) is 0 Å². The van der Waals surface area contributed by atoms with E-state index in [2.05, 4.69) is 27.9 Å². The topological polar surface area (TPSA) is 85.9 Å². The molecule has 2 heterocycles. The van der Waals surface area contributed by atoms with Crippen LogP contribution in [0.3, 0.4) is 0 Å². The minimum atomic E-state index is -0.584. The molecule has 128 valence electrons. The second-order valence-electron chi connectivity index (χ2n) is 6.72. The maximum atomic E-state index is 11.6. The van der Waals surface area contributed by atoms with Crippen molar-refractivity contribution in [2.24, 2.45) is 0 Å². The first-order valence-electron chi connectivity index (χ1n) is 8.24. The summed E-state index contributed by atoms with van der Waals surface area (Å²) in [7, 11) is 2.13. The van der Waals surface area contributed by atoms with Gasteiger partial charge < -0.3 is 30.7 Å². The molecule has 2 rings (SSSR count). The van der Waals surface area contributed by atoms with Gasteiger partial charge in [-0.15, -0.1) is 0 Å².